The summed E-state index contributed by atoms with van der Waals surface area (Å²) in [5.41, 5.74) is 3.93. The molecule has 1 unspecified atom stereocenters. The number of amides is 1. The highest BCUT2D eigenvalue weighted by molar-refractivity contribution is 5.96. The molecule has 4 heterocycles. The monoisotopic (exact) mass is 414 g/mol. The van der Waals surface area contributed by atoms with Crippen LogP contribution in [0.2, 0.25) is 0 Å². The highest BCUT2D eigenvalue weighted by Gasteiger charge is 2.24. The molecule has 30 heavy (non-hydrogen) atoms. The first kappa shape index (κ1) is 20.7. The Morgan fingerprint density at radius 1 is 1.33 bits per heavy atom. The van der Waals surface area contributed by atoms with Gasteiger partial charge in [0.15, 0.2) is 0 Å². The van der Waals surface area contributed by atoms with Crippen molar-refractivity contribution in [2.75, 3.05) is 26.2 Å². The maximum absolute atomic E-state index is 12.6. The molecule has 0 bridgehead atoms. The Morgan fingerprint density at radius 2 is 2.20 bits per heavy atom. The molecule has 2 N–H and O–H groups in total. The normalized spacial score (nSPS) is 19.5. The van der Waals surface area contributed by atoms with Crippen molar-refractivity contribution in [3.05, 3.63) is 44.6 Å². The first-order valence-corrected chi connectivity index (χ1v) is 10.7. The summed E-state index contributed by atoms with van der Waals surface area (Å²) in [5.74, 6) is -0.0842. The number of hydrogen-bond donors (Lipinski definition) is 2. The van der Waals surface area contributed by atoms with Crippen LogP contribution in [-0.4, -0.2) is 63.1 Å². The number of aryl methyl sites for hydroxylation is 2. The Labute approximate surface area is 175 Å². The lowest BCUT2D eigenvalue weighted by Gasteiger charge is -2.35. The second kappa shape index (κ2) is 9.09. The molecule has 0 spiro atoms. The van der Waals surface area contributed by atoms with Gasteiger partial charge in [-0.2, -0.15) is 10.2 Å². The number of likely N-dealkylation sites (tertiary alicyclic amines) is 1. The van der Waals surface area contributed by atoms with Crippen LogP contribution in [-0.2, 0) is 24.3 Å². The third-order valence-corrected chi connectivity index (χ3v) is 6.11. The molecule has 1 saturated heterocycles. The fourth-order valence-electron chi connectivity index (χ4n) is 4.41. The molecule has 2 aliphatic rings. The molecular weight excluding hydrogens is 384 g/mol. The Morgan fingerprint density at radius 3 is 3.00 bits per heavy atom. The smallest absolute Gasteiger partial charge is 0.267 e. The molecule has 9 nitrogen and oxygen atoms in total. The lowest BCUT2D eigenvalue weighted by Crippen LogP contribution is -2.48. The van der Waals surface area contributed by atoms with E-state index in [2.05, 4.69) is 25.5 Å². The number of nitrogens with zero attached hydrogens (tertiary/aromatic N) is 4. The van der Waals surface area contributed by atoms with E-state index in [4.69, 9.17) is 4.74 Å². The number of rotatable bonds is 6. The minimum Gasteiger partial charge on any atom is -0.376 e. The maximum Gasteiger partial charge on any atom is 0.267 e. The Bertz CT molecular complexity index is 947. The third-order valence-electron chi connectivity index (χ3n) is 6.11. The van der Waals surface area contributed by atoms with Crippen LogP contribution in [0.3, 0.4) is 0 Å². The molecule has 1 fully saturated rings. The molecule has 1 atom stereocenters. The van der Waals surface area contributed by atoms with Crippen LogP contribution in [0.15, 0.2) is 10.9 Å². The van der Waals surface area contributed by atoms with Crippen molar-refractivity contribution in [2.45, 2.75) is 58.7 Å². The molecular formula is C21H30N6O3. The van der Waals surface area contributed by atoms with Gasteiger partial charge in [0.2, 0.25) is 0 Å². The second-order valence-corrected chi connectivity index (χ2v) is 8.18. The van der Waals surface area contributed by atoms with E-state index >= 15 is 0 Å². The molecule has 0 aromatic carbocycles. The van der Waals surface area contributed by atoms with Crippen LogP contribution in [0.25, 0.3) is 0 Å². The first-order valence-electron chi connectivity index (χ1n) is 10.7. The summed E-state index contributed by atoms with van der Waals surface area (Å²) < 4.78 is 6.99. The van der Waals surface area contributed by atoms with E-state index in [9.17, 15) is 9.59 Å². The summed E-state index contributed by atoms with van der Waals surface area (Å²) in [5, 5.41) is 14.6. The Balaban J connectivity index is 1.37. The van der Waals surface area contributed by atoms with E-state index in [-0.39, 0.29) is 17.5 Å². The molecule has 0 saturated carbocycles. The molecule has 9 heteroatoms. The number of aromatic nitrogens is 4. The number of hydrogen-bond acceptors (Lipinski definition) is 6. The van der Waals surface area contributed by atoms with Gasteiger partial charge in [-0.25, -0.2) is 4.68 Å². The topological polar surface area (TPSA) is 105 Å². The summed E-state index contributed by atoms with van der Waals surface area (Å²) >= 11 is 0. The highest BCUT2D eigenvalue weighted by atomic mass is 16.5. The van der Waals surface area contributed by atoms with Crippen molar-refractivity contribution in [1.29, 1.82) is 0 Å². The SMILES string of the molecule is Cc1n[nH]c(C)c1C(=O)NCC1CCCCN1CCn1nc2c(cc1=O)COCC2. The van der Waals surface area contributed by atoms with Gasteiger partial charge in [0.1, 0.15) is 0 Å². The van der Waals surface area contributed by atoms with Crippen molar-refractivity contribution in [3.8, 4) is 0 Å². The molecule has 2 aliphatic heterocycles. The predicted octanol–water partition coefficient (Wildman–Crippen LogP) is 0.940. The van der Waals surface area contributed by atoms with Gasteiger partial charge < -0.3 is 10.1 Å². The third kappa shape index (κ3) is 4.46. The van der Waals surface area contributed by atoms with E-state index in [1.807, 2.05) is 13.8 Å². The zero-order valence-electron chi connectivity index (χ0n) is 17.7. The number of nitrogens with one attached hydrogen (secondary N) is 2. The van der Waals surface area contributed by atoms with Crippen molar-refractivity contribution >= 4 is 5.91 Å². The standard InChI is InChI=1S/C21H30N6O3/c1-14-20(15(2)24-23-14)21(29)22-12-17-5-3-4-7-26(17)8-9-27-19(28)11-16-13-30-10-6-18(16)25-27/h11,17H,3-10,12-13H2,1-2H3,(H,22,29)(H,23,24). The second-order valence-electron chi connectivity index (χ2n) is 8.18. The lowest BCUT2D eigenvalue weighted by atomic mass is 10.0. The Kier molecular flexibility index (Phi) is 6.29. The molecule has 1 amide bonds. The summed E-state index contributed by atoms with van der Waals surface area (Å²) in [4.78, 5) is 27.4. The molecule has 4 rings (SSSR count). The first-order chi connectivity index (χ1) is 14.5. The summed E-state index contributed by atoms with van der Waals surface area (Å²) in [6.45, 7) is 7.68. The van der Waals surface area contributed by atoms with E-state index in [1.165, 1.54) is 0 Å². The molecule has 0 aliphatic carbocycles. The van der Waals surface area contributed by atoms with Crippen LogP contribution >= 0.6 is 0 Å². The van der Waals surface area contributed by atoms with E-state index < -0.39 is 0 Å². The number of carbonyl (C=O) groups is 1. The minimum atomic E-state index is -0.0842. The van der Waals surface area contributed by atoms with Crippen LogP contribution < -0.4 is 10.9 Å². The fraction of sp³-hybridized carbons (Fsp3) is 0.619. The average molecular weight is 415 g/mol. The number of H-pyrrole nitrogens is 1. The van der Waals surface area contributed by atoms with E-state index in [0.29, 0.717) is 37.6 Å². The summed E-state index contributed by atoms with van der Waals surface area (Å²) in [7, 11) is 0. The number of piperidine rings is 1. The fourth-order valence-corrected chi connectivity index (χ4v) is 4.41. The predicted molar refractivity (Wildman–Crippen MR) is 111 cm³/mol. The number of ether oxygens (including phenoxy) is 1. The summed E-state index contributed by atoms with van der Waals surface area (Å²) in [6, 6.07) is 1.92. The number of fused-ring (bicyclic) bond motifs is 1. The van der Waals surface area contributed by atoms with Crippen LogP contribution in [0, 0.1) is 13.8 Å². The van der Waals surface area contributed by atoms with Crippen LogP contribution in [0.1, 0.15) is 52.3 Å². The number of aromatic amines is 1. The molecule has 0 radical (unpaired) electrons. The van der Waals surface area contributed by atoms with Crippen molar-refractivity contribution < 1.29 is 9.53 Å². The summed E-state index contributed by atoms with van der Waals surface area (Å²) in [6.07, 6.45) is 4.07. The molecule has 2 aromatic rings. The van der Waals surface area contributed by atoms with Gasteiger partial charge in [-0.1, -0.05) is 6.42 Å². The number of carbonyl (C=O) groups excluding carboxylic acids is 1. The Hall–Kier alpha value is -2.52. The van der Waals surface area contributed by atoms with Gasteiger partial charge in [0.25, 0.3) is 11.5 Å². The largest absolute Gasteiger partial charge is 0.376 e. The van der Waals surface area contributed by atoms with Crippen molar-refractivity contribution in [3.63, 3.8) is 0 Å². The van der Waals surface area contributed by atoms with Crippen LogP contribution in [0.5, 0.6) is 0 Å². The minimum absolute atomic E-state index is 0.0768. The van der Waals surface area contributed by atoms with Gasteiger partial charge in [-0.15, -0.1) is 0 Å². The van der Waals surface area contributed by atoms with Crippen molar-refractivity contribution in [2.24, 2.45) is 0 Å². The van der Waals surface area contributed by atoms with Gasteiger partial charge in [-0.05, 0) is 33.2 Å². The van der Waals surface area contributed by atoms with Gasteiger partial charge in [-0.3, -0.25) is 19.6 Å². The molecule has 2 aromatic heterocycles. The quantitative estimate of drug-likeness (QED) is 0.729. The van der Waals surface area contributed by atoms with Gasteiger partial charge in [0.05, 0.1) is 36.7 Å². The zero-order valence-corrected chi connectivity index (χ0v) is 17.7. The highest BCUT2D eigenvalue weighted by Crippen LogP contribution is 2.17. The van der Waals surface area contributed by atoms with Crippen LogP contribution in [0.4, 0.5) is 0 Å². The lowest BCUT2D eigenvalue weighted by molar-refractivity contribution is 0.0906. The maximum atomic E-state index is 12.6. The van der Waals surface area contributed by atoms with E-state index in [1.54, 1.807) is 10.7 Å². The van der Waals surface area contributed by atoms with E-state index in [0.717, 1.165) is 55.7 Å². The average Bonchev–Trinajstić information content (AvgIpc) is 3.09. The van der Waals surface area contributed by atoms with Gasteiger partial charge >= 0.3 is 0 Å². The van der Waals surface area contributed by atoms with Crippen molar-refractivity contribution in [1.82, 2.24) is 30.2 Å². The van der Waals surface area contributed by atoms with Gasteiger partial charge in [0, 0.05) is 42.9 Å². The molecule has 162 valence electrons. The zero-order chi connectivity index (χ0) is 21.1.